The topological polar surface area (TPSA) is 30.2 Å². The standard InChI is InChI=1S/C25H21N3/c1-17-3-7-19(8-4-17)25-22(13-14-26-25)20-9-12-23-24(15-20)28(16-27-23)21-10-5-18(2)6-11-21/h3-16,25H,1-2H3. The smallest absolute Gasteiger partial charge is 0.101 e. The van der Waals surface area contributed by atoms with E-state index in [1.807, 2.05) is 12.5 Å². The van der Waals surface area contributed by atoms with Crippen molar-refractivity contribution in [2.24, 2.45) is 4.99 Å². The zero-order valence-corrected chi connectivity index (χ0v) is 16.0. The predicted octanol–water partition coefficient (Wildman–Crippen LogP) is 5.85. The molecule has 2 heterocycles. The van der Waals surface area contributed by atoms with Gasteiger partial charge in [-0.2, -0.15) is 0 Å². The van der Waals surface area contributed by atoms with Gasteiger partial charge in [-0.05, 0) is 60.9 Å². The number of imidazole rings is 1. The molecule has 136 valence electrons. The fourth-order valence-electron chi connectivity index (χ4n) is 3.75. The predicted molar refractivity (Wildman–Crippen MR) is 116 cm³/mol. The van der Waals surface area contributed by atoms with Crippen molar-refractivity contribution >= 4 is 22.8 Å². The number of hydrogen-bond acceptors (Lipinski definition) is 2. The van der Waals surface area contributed by atoms with Crippen molar-refractivity contribution < 1.29 is 0 Å². The Balaban J connectivity index is 1.57. The number of nitrogens with zero attached hydrogens (tertiary/aromatic N) is 3. The maximum atomic E-state index is 4.71. The highest BCUT2D eigenvalue weighted by Gasteiger charge is 2.20. The molecule has 0 saturated heterocycles. The first-order valence-corrected chi connectivity index (χ1v) is 9.53. The first kappa shape index (κ1) is 16.7. The van der Waals surface area contributed by atoms with Crippen LogP contribution in [0.1, 0.15) is 28.3 Å². The molecule has 0 spiro atoms. The molecule has 1 aliphatic rings. The summed E-state index contributed by atoms with van der Waals surface area (Å²) in [6.07, 6.45) is 5.94. The molecule has 3 nitrogen and oxygen atoms in total. The second-order valence-corrected chi connectivity index (χ2v) is 7.39. The van der Waals surface area contributed by atoms with Crippen LogP contribution >= 0.6 is 0 Å². The van der Waals surface area contributed by atoms with Crippen molar-refractivity contribution in [3.05, 3.63) is 101 Å². The van der Waals surface area contributed by atoms with E-state index in [1.165, 1.54) is 27.8 Å². The fraction of sp³-hybridized carbons (Fsp3) is 0.120. The van der Waals surface area contributed by atoms with Crippen molar-refractivity contribution in [1.29, 1.82) is 0 Å². The molecule has 5 rings (SSSR count). The molecule has 1 atom stereocenters. The average molecular weight is 363 g/mol. The van der Waals surface area contributed by atoms with Gasteiger partial charge in [-0.3, -0.25) is 9.56 Å². The van der Waals surface area contributed by atoms with Crippen LogP contribution in [0.15, 0.2) is 84.1 Å². The lowest BCUT2D eigenvalue weighted by Gasteiger charge is -2.15. The second-order valence-electron chi connectivity index (χ2n) is 7.39. The minimum absolute atomic E-state index is 0.0498. The van der Waals surface area contributed by atoms with Gasteiger partial charge in [-0.25, -0.2) is 4.98 Å². The summed E-state index contributed by atoms with van der Waals surface area (Å²) >= 11 is 0. The Morgan fingerprint density at radius 2 is 1.54 bits per heavy atom. The zero-order valence-electron chi connectivity index (χ0n) is 16.0. The van der Waals surface area contributed by atoms with Gasteiger partial charge in [0.1, 0.15) is 12.4 Å². The number of aliphatic imine (C=N–C) groups is 1. The maximum Gasteiger partial charge on any atom is 0.101 e. The molecule has 0 bridgehead atoms. The van der Waals surface area contributed by atoms with Gasteiger partial charge in [0, 0.05) is 11.9 Å². The molecular weight excluding hydrogens is 342 g/mol. The van der Waals surface area contributed by atoms with Gasteiger partial charge in [-0.15, -0.1) is 0 Å². The van der Waals surface area contributed by atoms with E-state index >= 15 is 0 Å². The monoisotopic (exact) mass is 363 g/mol. The van der Waals surface area contributed by atoms with Crippen LogP contribution in [0.5, 0.6) is 0 Å². The molecule has 0 fully saturated rings. The summed E-state index contributed by atoms with van der Waals surface area (Å²) in [6, 6.07) is 23.7. The third-order valence-corrected chi connectivity index (χ3v) is 5.37. The number of rotatable bonds is 3. The first-order valence-electron chi connectivity index (χ1n) is 9.53. The number of benzene rings is 3. The van der Waals surface area contributed by atoms with Gasteiger partial charge in [0.25, 0.3) is 0 Å². The zero-order chi connectivity index (χ0) is 19.1. The molecule has 0 N–H and O–H groups in total. The van der Waals surface area contributed by atoms with E-state index in [0.29, 0.717) is 0 Å². The molecule has 0 amide bonds. The van der Waals surface area contributed by atoms with Gasteiger partial charge in [0.15, 0.2) is 0 Å². The summed E-state index contributed by atoms with van der Waals surface area (Å²) in [4.78, 5) is 9.30. The highest BCUT2D eigenvalue weighted by Crippen LogP contribution is 2.37. The van der Waals surface area contributed by atoms with Gasteiger partial charge in [0.05, 0.1) is 11.0 Å². The molecule has 3 heteroatoms. The maximum absolute atomic E-state index is 4.71. The van der Waals surface area contributed by atoms with Crippen LogP contribution in [0.4, 0.5) is 0 Å². The molecular formula is C25H21N3. The third kappa shape index (κ3) is 2.85. The molecule has 1 unspecified atom stereocenters. The first-order chi connectivity index (χ1) is 13.7. The van der Waals surface area contributed by atoms with Gasteiger partial charge < -0.3 is 0 Å². The molecule has 28 heavy (non-hydrogen) atoms. The highest BCUT2D eigenvalue weighted by molar-refractivity contribution is 5.94. The fourth-order valence-corrected chi connectivity index (χ4v) is 3.75. The Labute approximate surface area is 164 Å². The minimum atomic E-state index is 0.0498. The summed E-state index contributed by atoms with van der Waals surface area (Å²) in [5.41, 5.74) is 9.37. The second kappa shape index (κ2) is 6.61. The lowest BCUT2D eigenvalue weighted by atomic mass is 9.94. The minimum Gasteiger partial charge on any atom is -0.299 e. The summed E-state index contributed by atoms with van der Waals surface area (Å²) < 4.78 is 2.15. The average Bonchev–Trinajstić information content (AvgIpc) is 3.36. The van der Waals surface area contributed by atoms with E-state index in [-0.39, 0.29) is 6.04 Å². The number of allylic oxidation sites excluding steroid dienone is 1. The Morgan fingerprint density at radius 3 is 2.29 bits per heavy atom. The molecule has 1 aromatic heterocycles. The number of fused-ring (bicyclic) bond motifs is 1. The summed E-state index contributed by atoms with van der Waals surface area (Å²) in [6.45, 7) is 4.21. The lowest BCUT2D eigenvalue weighted by Crippen LogP contribution is -1.98. The van der Waals surface area contributed by atoms with Crippen molar-refractivity contribution in [1.82, 2.24) is 9.55 Å². The molecule has 0 aliphatic carbocycles. The van der Waals surface area contributed by atoms with Crippen LogP contribution in [0, 0.1) is 13.8 Å². The van der Waals surface area contributed by atoms with Gasteiger partial charge >= 0.3 is 0 Å². The number of aryl methyl sites for hydroxylation is 2. The summed E-state index contributed by atoms with van der Waals surface area (Å²) in [7, 11) is 0. The Kier molecular flexibility index (Phi) is 3.94. The Morgan fingerprint density at radius 1 is 0.821 bits per heavy atom. The largest absolute Gasteiger partial charge is 0.299 e. The number of aromatic nitrogens is 2. The normalized spacial score (nSPS) is 15.9. The Hall–Kier alpha value is -3.46. The van der Waals surface area contributed by atoms with Crippen LogP contribution in [-0.2, 0) is 0 Å². The van der Waals surface area contributed by atoms with Crippen molar-refractivity contribution in [3.63, 3.8) is 0 Å². The van der Waals surface area contributed by atoms with Gasteiger partial charge in [0.2, 0.25) is 0 Å². The van der Waals surface area contributed by atoms with E-state index in [0.717, 1.165) is 16.7 Å². The van der Waals surface area contributed by atoms with Crippen LogP contribution in [0.3, 0.4) is 0 Å². The number of hydrogen-bond donors (Lipinski definition) is 0. The Bertz CT molecular complexity index is 1210. The van der Waals surface area contributed by atoms with Crippen LogP contribution in [0.25, 0.3) is 22.3 Å². The highest BCUT2D eigenvalue weighted by atomic mass is 15.0. The van der Waals surface area contributed by atoms with Crippen LogP contribution in [-0.4, -0.2) is 15.8 Å². The van der Waals surface area contributed by atoms with Crippen molar-refractivity contribution in [3.8, 4) is 5.69 Å². The van der Waals surface area contributed by atoms with E-state index in [4.69, 9.17) is 4.99 Å². The molecule has 1 aliphatic heterocycles. The lowest BCUT2D eigenvalue weighted by molar-refractivity contribution is 0.954. The van der Waals surface area contributed by atoms with Crippen molar-refractivity contribution in [2.75, 3.05) is 0 Å². The summed E-state index contributed by atoms with van der Waals surface area (Å²) in [5, 5.41) is 0. The van der Waals surface area contributed by atoms with E-state index < -0.39 is 0 Å². The van der Waals surface area contributed by atoms with E-state index in [2.05, 4.69) is 96.2 Å². The van der Waals surface area contributed by atoms with Crippen LogP contribution in [0.2, 0.25) is 0 Å². The molecule has 3 aromatic carbocycles. The third-order valence-electron chi connectivity index (χ3n) is 5.37. The summed E-state index contributed by atoms with van der Waals surface area (Å²) in [5.74, 6) is 0. The molecule has 0 radical (unpaired) electrons. The molecule has 0 saturated carbocycles. The van der Waals surface area contributed by atoms with E-state index in [1.54, 1.807) is 0 Å². The van der Waals surface area contributed by atoms with Crippen molar-refractivity contribution in [2.45, 2.75) is 19.9 Å². The van der Waals surface area contributed by atoms with Crippen LogP contribution < -0.4 is 0 Å². The molecule has 4 aromatic rings. The van der Waals surface area contributed by atoms with E-state index in [9.17, 15) is 0 Å². The quantitative estimate of drug-likeness (QED) is 0.449. The SMILES string of the molecule is Cc1ccc(C2N=CC=C2c2ccc3ncn(-c4ccc(C)cc4)c3c2)cc1. The van der Waals surface area contributed by atoms with Gasteiger partial charge in [-0.1, -0.05) is 53.6 Å².